The van der Waals surface area contributed by atoms with Crippen molar-refractivity contribution in [3.63, 3.8) is 0 Å². The standard InChI is InChI=1S/C14H19ClN2O2/c1-16(10-14(19)17-7-2-3-8-17)9-11-12(15)5-4-6-13(11)18/h4-6,18H,2-3,7-10H2,1H3. The molecule has 19 heavy (non-hydrogen) atoms. The molecule has 1 aliphatic heterocycles. The molecule has 1 amide bonds. The average Bonchev–Trinajstić information content (AvgIpc) is 2.88. The Morgan fingerprint density at radius 2 is 2.11 bits per heavy atom. The van der Waals surface area contributed by atoms with E-state index in [9.17, 15) is 9.90 Å². The Labute approximate surface area is 118 Å². The van der Waals surface area contributed by atoms with Crippen LogP contribution in [0.1, 0.15) is 18.4 Å². The third-order valence-electron chi connectivity index (χ3n) is 3.39. The molecule has 1 aliphatic rings. The quantitative estimate of drug-likeness (QED) is 0.920. The van der Waals surface area contributed by atoms with E-state index in [0.717, 1.165) is 25.9 Å². The SMILES string of the molecule is CN(CC(=O)N1CCCC1)Cc1c(O)cccc1Cl. The zero-order valence-corrected chi connectivity index (χ0v) is 11.9. The Balaban J connectivity index is 1.93. The lowest BCUT2D eigenvalue weighted by molar-refractivity contribution is -0.131. The molecule has 1 heterocycles. The summed E-state index contributed by atoms with van der Waals surface area (Å²) in [5.74, 6) is 0.319. The number of rotatable bonds is 4. The first-order valence-electron chi connectivity index (χ1n) is 6.50. The maximum absolute atomic E-state index is 12.0. The summed E-state index contributed by atoms with van der Waals surface area (Å²) < 4.78 is 0. The molecule has 0 aliphatic carbocycles. The zero-order valence-electron chi connectivity index (χ0n) is 11.1. The van der Waals surface area contributed by atoms with Crippen LogP contribution in [0.3, 0.4) is 0 Å². The summed E-state index contributed by atoms with van der Waals surface area (Å²) in [6, 6.07) is 5.06. The molecule has 0 aromatic heterocycles. The summed E-state index contributed by atoms with van der Waals surface area (Å²) in [6.45, 7) is 2.55. The molecule has 0 saturated carbocycles. The summed E-state index contributed by atoms with van der Waals surface area (Å²) in [6.07, 6.45) is 2.20. The van der Waals surface area contributed by atoms with Gasteiger partial charge in [0, 0.05) is 30.2 Å². The molecule has 1 aromatic carbocycles. The van der Waals surface area contributed by atoms with Crippen LogP contribution in [0.4, 0.5) is 0 Å². The molecule has 1 fully saturated rings. The van der Waals surface area contributed by atoms with E-state index in [4.69, 9.17) is 11.6 Å². The van der Waals surface area contributed by atoms with Crippen molar-refractivity contribution in [3.05, 3.63) is 28.8 Å². The lowest BCUT2D eigenvalue weighted by Gasteiger charge is -2.21. The van der Waals surface area contributed by atoms with Crippen molar-refractivity contribution in [2.75, 3.05) is 26.7 Å². The molecule has 0 bridgehead atoms. The van der Waals surface area contributed by atoms with Gasteiger partial charge in [0.25, 0.3) is 0 Å². The van der Waals surface area contributed by atoms with Crippen molar-refractivity contribution in [1.82, 2.24) is 9.80 Å². The minimum atomic E-state index is 0.145. The van der Waals surface area contributed by atoms with Gasteiger partial charge >= 0.3 is 0 Å². The zero-order chi connectivity index (χ0) is 13.8. The second-order valence-electron chi connectivity index (χ2n) is 5.00. The Kier molecular flexibility index (Phi) is 4.66. The minimum absolute atomic E-state index is 0.145. The molecule has 2 rings (SSSR count). The van der Waals surface area contributed by atoms with E-state index in [-0.39, 0.29) is 11.7 Å². The molecule has 0 atom stereocenters. The fourth-order valence-corrected chi connectivity index (χ4v) is 2.56. The number of aromatic hydroxyl groups is 1. The number of likely N-dealkylation sites (N-methyl/N-ethyl adjacent to an activating group) is 1. The van der Waals surface area contributed by atoms with Crippen molar-refractivity contribution in [2.45, 2.75) is 19.4 Å². The molecule has 0 radical (unpaired) electrons. The molecular weight excluding hydrogens is 264 g/mol. The van der Waals surface area contributed by atoms with Crippen molar-refractivity contribution in [3.8, 4) is 5.75 Å². The molecule has 1 aromatic rings. The van der Waals surface area contributed by atoms with Gasteiger partial charge in [-0.3, -0.25) is 9.69 Å². The number of phenolic OH excluding ortho intramolecular Hbond substituents is 1. The number of hydrogen-bond donors (Lipinski definition) is 1. The summed E-state index contributed by atoms with van der Waals surface area (Å²) in [4.78, 5) is 15.8. The summed E-state index contributed by atoms with van der Waals surface area (Å²) >= 11 is 6.06. The van der Waals surface area contributed by atoms with Gasteiger partial charge in [-0.25, -0.2) is 0 Å². The molecule has 5 heteroatoms. The first-order valence-corrected chi connectivity index (χ1v) is 6.88. The Morgan fingerprint density at radius 1 is 1.42 bits per heavy atom. The number of likely N-dealkylation sites (tertiary alicyclic amines) is 1. The van der Waals surface area contributed by atoms with Crippen LogP contribution in [0.25, 0.3) is 0 Å². The Bertz CT molecular complexity index is 439. The van der Waals surface area contributed by atoms with Gasteiger partial charge in [-0.1, -0.05) is 17.7 Å². The third kappa shape index (κ3) is 3.61. The first kappa shape index (κ1) is 14.2. The maximum atomic E-state index is 12.0. The molecule has 1 N–H and O–H groups in total. The van der Waals surface area contributed by atoms with Crippen LogP contribution < -0.4 is 0 Å². The largest absolute Gasteiger partial charge is 0.508 e. The highest BCUT2D eigenvalue weighted by Gasteiger charge is 2.19. The van der Waals surface area contributed by atoms with Gasteiger partial charge in [0.2, 0.25) is 5.91 Å². The lowest BCUT2D eigenvalue weighted by Crippen LogP contribution is -2.37. The van der Waals surface area contributed by atoms with Crippen LogP contribution in [-0.2, 0) is 11.3 Å². The highest BCUT2D eigenvalue weighted by atomic mass is 35.5. The smallest absolute Gasteiger partial charge is 0.236 e. The normalized spacial score (nSPS) is 15.2. The Morgan fingerprint density at radius 3 is 2.74 bits per heavy atom. The van der Waals surface area contributed by atoms with Gasteiger partial charge in [0.05, 0.1) is 6.54 Å². The van der Waals surface area contributed by atoms with E-state index in [1.54, 1.807) is 18.2 Å². The number of benzene rings is 1. The monoisotopic (exact) mass is 282 g/mol. The number of hydrogen-bond acceptors (Lipinski definition) is 3. The average molecular weight is 283 g/mol. The van der Waals surface area contributed by atoms with Gasteiger partial charge in [-0.2, -0.15) is 0 Å². The second kappa shape index (κ2) is 6.26. The van der Waals surface area contributed by atoms with E-state index >= 15 is 0 Å². The number of phenols is 1. The minimum Gasteiger partial charge on any atom is -0.508 e. The fourth-order valence-electron chi connectivity index (χ4n) is 2.33. The molecule has 0 unspecified atom stereocenters. The lowest BCUT2D eigenvalue weighted by atomic mass is 10.2. The van der Waals surface area contributed by atoms with Crippen LogP contribution >= 0.6 is 11.6 Å². The van der Waals surface area contributed by atoms with Gasteiger partial charge < -0.3 is 10.0 Å². The van der Waals surface area contributed by atoms with Crippen LogP contribution in [0.15, 0.2) is 18.2 Å². The van der Waals surface area contributed by atoms with Crippen LogP contribution in [0.2, 0.25) is 5.02 Å². The summed E-state index contributed by atoms with van der Waals surface area (Å²) in [5, 5.41) is 10.3. The van der Waals surface area contributed by atoms with Crippen molar-refractivity contribution in [1.29, 1.82) is 0 Å². The number of halogens is 1. The Hall–Kier alpha value is -1.26. The number of carbonyl (C=O) groups excluding carboxylic acids is 1. The van der Waals surface area contributed by atoms with Crippen LogP contribution in [-0.4, -0.2) is 47.5 Å². The topological polar surface area (TPSA) is 43.8 Å². The molecule has 104 valence electrons. The van der Waals surface area contributed by atoms with Crippen molar-refractivity contribution in [2.24, 2.45) is 0 Å². The highest BCUT2D eigenvalue weighted by molar-refractivity contribution is 6.31. The van der Waals surface area contributed by atoms with Gasteiger partial charge in [0.15, 0.2) is 0 Å². The van der Waals surface area contributed by atoms with Gasteiger partial charge in [-0.15, -0.1) is 0 Å². The molecule has 1 saturated heterocycles. The molecular formula is C14H19ClN2O2. The molecule has 4 nitrogen and oxygen atoms in total. The van der Waals surface area contributed by atoms with E-state index in [1.807, 2.05) is 16.8 Å². The van der Waals surface area contributed by atoms with E-state index in [0.29, 0.717) is 23.7 Å². The van der Waals surface area contributed by atoms with E-state index in [2.05, 4.69) is 0 Å². The van der Waals surface area contributed by atoms with Crippen LogP contribution in [0, 0.1) is 0 Å². The maximum Gasteiger partial charge on any atom is 0.236 e. The number of carbonyl (C=O) groups is 1. The number of amides is 1. The summed E-state index contributed by atoms with van der Waals surface area (Å²) in [5.41, 5.74) is 0.667. The fraction of sp³-hybridized carbons (Fsp3) is 0.500. The summed E-state index contributed by atoms with van der Waals surface area (Å²) in [7, 11) is 1.86. The van der Waals surface area contributed by atoms with Crippen LogP contribution in [0.5, 0.6) is 5.75 Å². The third-order valence-corrected chi connectivity index (χ3v) is 3.74. The van der Waals surface area contributed by atoms with E-state index < -0.39 is 0 Å². The highest BCUT2D eigenvalue weighted by Crippen LogP contribution is 2.26. The predicted molar refractivity (Wildman–Crippen MR) is 75.3 cm³/mol. The molecule has 0 spiro atoms. The first-order chi connectivity index (χ1) is 9.08. The number of nitrogens with zero attached hydrogens (tertiary/aromatic N) is 2. The van der Waals surface area contributed by atoms with Crippen molar-refractivity contribution < 1.29 is 9.90 Å². The van der Waals surface area contributed by atoms with Gasteiger partial charge in [-0.05, 0) is 32.0 Å². The van der Waals surface area contributed by atoms with Gasteiger partial charge in [0.1, 0.15) is 5.75 Å². The van der Waals surface area contributed by atoms with E-state index in [1.165, 1.54) is 0 Å². The van der Waals surface area contributed by atoms with Crippen molar-refractivity contribution >= 4 is 17.5 Å². The second-order valence-corrected chi connectivity index (χ2v) is 5.40. The predicted octanol–water partition coefficient (Wildman–Crippen LogP) is 2.10.